The van der Waals surface area contributed by atoms with Crippen LogP contribution in [0.5, 0.6) is 0 Å². The smallest absolute Gasteiger partial charge is 0.213 e. The summed E-state index contributed by atoms with van der Waals surface area (Å²) in [7, 11) is 0. The van der Waals surface area contributed by atoms with Gasteiger partial charge >= 0.3 is 0 Å². The molecule has 1 aromatic carbocycles. The fourth-order valence-corrected chi connectivity index (χ4v) is 1.81. The van der Waals surface area contributed by atoms with Gasteiger partial charge in [0.15, 0.2) is 5.82 Å². The third-order valence-electron chi connectivity index (χ3n) is 2.25. The van der Waals surface area contributed by atoms with Crippen LogP contribution in [-0.2, 0) is 13.0 Å². The molecule has 0 saturated carbocycles. The quantitative estimate of drug-likeness (QED) is 0.861. The molecule has 6 heteroatoms. The Morgan fingerprint density at radius 3 is 3.00 bits per heavy atom. The summed E-state index contributed by atoms with van der Waals surface area (Å²) >= 11 is 3.15. The summed E-state index contributed by atoms with van der Waals surface area (Å²) in [5, 5.41) is 6.92. The lowest BCUT2D eigenvalue weighted by atomic mass is 10.2. The number of aromatic nitrogens is 2. The lowest BCUT2D eigenvalue weighted by Gasteiger charge is -2.04. The van der Waals surface area contributed by atoms with Crippen molar-refractivity contribution in [2.75, 3.05) is 6.54 Å². The Hall–Kier alpha value is -1.27. The van der Waals surface area contributed by atoms with Crippen LogP contribution >= 0.6 is 15.9 Å². The van der Waals surface area contributed by atoms with E-state index >= 15 is 0 Å². The van der Waals surface area contributed by atoms with Crippen molar-refractivity contribution in [3.05, 3.63) is 46.3 Å². The zero-order valence-corrected chi connectivity index (χ0v) is 10.6. The molecule has 17 heavy (non-hydrogen) atoms. The highest BCUT2D eigenvalue weighted by atomic mass is 79.9. The molecule has 2 aromatic rings. The molecule has 0 aliphatic rings. The van der Waals surface area contributed by atoms with Crippen LogP contribution in [0, 0.1) is 5.82 Å². The van der Waals surface area contributed by atoms with Crippen molar-refractivity contribution < 1.29 is 8.91 Å². The Labute approximate surface area is 106 Å². The summed E-state index contributed by atoms with van der Waals surface area (Å²) in [5.74, 6) is 0.429. The normalized spacial score (nSPS) is 10.7. The summed E-state index contributed by atoms with van der Waals surface area (Å²) in [5.41, 5.74) is 1.02. The van der Waals surface area contributed by atoms with E-state index in [-0.39, 0.29) is 5.82 Å². The van der Waals surface area contributed by atoms with E-state index in [4.69, 9.17) is 0 Å². The van der Waals surface area contributed by atoms with Crippen LogP contribution < -0.4 is 5.32 Å². The zero-order chi connectivity index (χ0) is 12.1. The highest BCUT2D eigenvalue weighted by Gasteiger charge is 2.01. The predicted octanol–water partition coefficient (Wildman–Crippen LogP) is 2.30. The second-order valence-electron chi connectivity index (χ2n) is 3.52. The van der Waals surface area contributed by atoms with Crippen molar-refractivity contribution in [3.63, 3.8) is 0 Å². The molecule has 0 spiro atoms. The molecule has 0 aliphatic carbocycles. The van der Waals surface area contributed by atoms with Gasteiger partial charge in [0.05, 0.1) is 4.47 Å². The monoisotopic (exact) mass is 299 g/mol. The Morgan fingerprint density at radius 1 is 1.41 bits per heavy atom. The van der Waals surface area contributed by atoms with Crippen molar-refractivity contribution in [1.82, 2.24) is 15.5 Å². The average Bonchev–Trinajstić information content (AvgIpc) is 2.82. The molecule has 0 bridgehead atoms. The van der Waals surface area contributed by atoms with E-state index in [1.807, 2.05) is 0 Å². The largest absolute Gasteiger partial charge is 0.343 e. The number of nitrogens with one attached hydrogen (secondary N) is 1. The lowest BCUT2D eigenvalue weighted by Crippen LogP contribution is -2.17. The molecule has 0 radical (unpaired) electrons. The van der Waals surface area contributed by atoms with E-state index in [0.717, 1.165) is 12.1 Å². The molecule has 0 amide bonds. The Morgan fingerprint density at radius 2 is 2.29 bits per heavy atom. The van der Waals surface area contributed by atoms with Gasteiger partial charge in [-0.05, 0) is 33.6 Å². The van der Waals surface area contributed by atoms with Crippen molar-refractivity contribution in [3.8, 4) is 0 Å². The predicted molar refractivity (Wildman–Crippen MR) is 63.8 cm³/mol. The number of hydrogen-bond acceptors (Lipinski definition) is 4. The molecule has 0 saturated heterocycles. The van der Waals surface area contributed by atoms with Crippen LogP contribution in [0.15, 0.2) is 33.6 Å². The number of benzene rings is 1. The number of hydrogen-bond donors (Lipinski definition) is 1. The molecule has 1 aromatic heterocycles. The maximum Gasteiger partial charge on any atom is 0.213 e. The van der Waals surface area contributed by atoms with E-state index in [9.17, 15) is 4.39 Å². The first kappa shape index (κ1) is 12.2. The summed E-state index contributed by atoms with van der Waals surface area (Å²) in [6.07, 6.45) is 2.02. The molecule has 0 unspecified atom stereocenters. The molecule has 2 rings (SSSR count). The van der Waals surface area contributed by atoms with E-state index in [0.29, 0.717) is 23.3 Å². The first-order chi connectivity index (χ1) is 8.25. The van der Waals surface area contributed by atoms with E-state index in [2.05, 4.69) is 35.9 Å². The highest BCUT2D eigenvalue weighted by Crippen LogP contribution is 2.16. The third kappa shape index (κ3) is 3.61. The van der Waals surface area contributed by atoms with Gasteiger partial charge in [-0.3, -0.25) is 0 Å². The Kier molecular flexibility index (Phi) is 4.22. The van der Waals surface area contributed by atoms with E-state index < -0.39 is 0 Å². The minimum Gasteiger partial charge on any atom is -0.343 e. The third-order valence-corrected chi connectivity index (χ3v) is 2.85. The average molecular weight is 300 g/mol. The Balaban J connectivity index is 1.76. The Bertz CT molecular complexity index is 476. The van der Waals surface area contributed by atoms with Crippen LogP contribution in [-0.4, -0.2) is 16.7 Å². The van der Waals surface area contributed by atoms with Crippen molar-refractivity contribution in [1.29, 1.82) is 0 Å². The number of nitrogens with zero attached hydrogens (tertiary/aromatic N) is 2. The van der Waals surface area contributed by atoms with Gasteiger partial charge in [0.1, 0.15) is 5.82 Å². The summed E-state index contributed by atoms with van der Waals surface area (Å²) in [6.45, 7) is 1.42. The molecule has 0 fully saturated rings. The summed E-state index contributed by atoms with van der Waals surface area (Å²) in [4.78, 5) is 3.91. The summed E-state index contributed by atoms with van der Waals surface area (Å²) in [6, 6.07) is 4.96. The van der Waals surface area contributed by atoms with E-state index in [1.54, 1.807) is 12.1 Å². The molecule has 0 aliphatic heterocycles. The fourth-order valence-electron chi connectivity index (χ4n) is 1.39. The zero-order valence-electron chi connectivity index (χ0n) is 8.99. The maximum absolute atomic E-state index is 13.0. The molecule has 1 heterocycles. The van der Waals surface area contributed by atoms with Gasteiger partial charge in [0, 0.05) is 19.5 Å². The van der Waals surface area contributed by atoms with Gasteiger partial charge in [-0.15, -0.1) is 0 Å². The molecule has 90 valence electrons. The first-order valence-corrected chi connectivity index (χ1v) is 5.95. The SMILES string of the molecule is Fc1ccc(CNCCc2ncon2)cc1Br. The van der Waals surface area contributed by atoms with Crippen LogP contribution in [0.3, 0.4) is 0 Å². The van der Waals surface area contributed by atoms with Crippen molar-refractivity contribution in [2.45, 2.75) is 13.0 Å². The van der Waals surface area contributed by atoms with Crippen molar-refractivity contribution in [2.24, 2.45) is 0 Å². The molecular formula is C11H11BrFN3O. The fraction of sp³-hybridized carbons (Fsp3) is 0.273. The van der Waals surface area contributed by atoms with Gasteiger partial charge in [-0.25, -0.2) is 4.39 Å². The van der Waals surface area contributed by atoms with E-state index in [1.165, 1.54) is 12.5 Å². The minimum atomic E-state index is -0.249. The molecule has 0 atom stereocenters. The van der Waals surface area contributed by atoms with Gasteiger partial charge in [0.25, 0.3) is 0 Å². The van der Waals surface area contributed by atoms with Crippen molar-refractivity contribution >= 4 is 15.9 Å². The van der Waals surface area contributed by atoms with Crippen LogP contribution in [0.1, 0.15) is 11.4 Å². The lowest BCUT2D eigenvalue weighted by molar-refractivity contribution is 0.409. The second-order valence-corrected chi connectivity index (χ2v) is 4.38. The van der Waals surface area contributed by atoms with Gasteiger partial charge in [-0.1, -0.05) is 11.2 Å². The summed E-state index contributed by atoms with van der Waals surface area (Å²) < 4.78 is 18.1. The van der Waals surface area contributed by atoms with Gasteiger partial charge < -0.3 is 9.84 Å². The highest BCUT2D eigenvalue weighted by molar-refractivity contribution is 9.10. The molecule has 4 nitrogen and oxygen atoms in total. The van der Waals surface area contributed by atoms with Gasteiger partial charge in [-0.2, -0.15) is 4.98 Å². The van der Waals surface area contributed by atoms with Gasteiger partial charge in [0.2, 0.25) is 6.39 Å². The molecule has 1 N–H and O–H groups in total. The second kappa shape index (κ2) is 5.88. The standard InChI is InChI=1S/C11H11BrFN3O/c12-9-5-8(1-2-10(9)13)6-14-4-3-11-15-7-17-16-11/h1-2,5,7,14H,3-4,6H2. The first-order valence-electron chi connectivity index (χ1n) is 5.15. The maximum atomic E-state index is 13.0. The minimum absolute atomic E-state index is 0.249. The van der Waals surface area contributed by atoms with Crippen LogP contribution in [0.2, 0.25) is 0 Å². The number of halogens is 2. The number of rotatable bonds is 5. The van der Waals surface area contributed by atoms with Crippen LogP contribution in [0.4, 0.5) is 4.39 Å². The molecular weight excluding hydrogens is 289 g/mol. The van der Waals surface area contributed by atoms with Crippen LogP contribution in [0.25, 0.3) is 0 Å². The topological polar surface area (TPSA) is 51.0 Å².